The molecule has 0 aromatic carbocycles. The lowest BCUT2D eigenvalue weighted by atomic mass is 10.3. The Morgan fingerprint density at radius 2 is 2.00 bits per heavy atom. The van der Waals surface area contributed by atoms with E-state index in [0.29, 0.717) is 26.2 Å². The van der Waals surface area contributed by atoms with Gasteiger partial charge in [-0.15, -0.1) is 0 Å². The minimum atomic E-state index is -0.232. The van der Waals surface area contributed by atoms with Crippen molar-refractivity contribution in [2.75, 3.05) is 39.3 Å². The van der Waals surface area contributed by atoms with Crippen LogP contribution in [0.2, 0.25) is 0 Å². The predicted octanol–water partition coefficient (Wildman–Crippen LogP) is 0.660. The van der Waals surface area contributed by atoms with Crippen LogP contribution in [0.3, 0.4) is 0 Å². The van der Waals surface area contributed by atoms with Gasteiger partial charge >= 0.3 is 6.09 Å². The zero-order chi connectivity index (χ0) is 16.7. The summed E-state index contributed by atoms with van der Waals surface area (Å²) in [5.74, 6) is 0.872. The molecule has 0 bridgehead atoms. The number of carbonyl (C=O) groups is 1. The summed E-state index contributed by atoms with van der Waals surface area (Å²) in [5, 5.41) is 7.47. The molecule has 0 spiro atoms. The molecule has 2 rings (SSSR count). The Labute approximate surface area is 137 Å². The van der Waals surface area contributed by atoms with Gasteiger partial charge in [0, 0.05) is 46.0 Å². The summed E-state index contributed by atoms with van der Waals surface area (Å²) in [6.45, 7) is 8.46. The molecule has 0 unspecified atom stereocenters. The summed E-state index contributed by atoms with van der Waals surface area (Å²) in [6, 6.07) is 1.96. The predicted molar refractivity (Wildman–Crippen MR) is 88.2 cm³/mol. The van der Waals surface area contributed by atoms with Crippen molar-refractivity contribution in [3.8, 4) is 0 Å². The molecule has 0 aliphatic carbocycles. The van der Waals surface area contributed by atoms with Gasteiger partial charge in [0.2, 0.25) is 0 Å². The lowest BCUT2D eigenvalue weighted by Gasteiger charge is -2.35. The molecule has 1 saturated heterocycles. The fourth-order valence-electron chi connectivity index (χ4n) is 2.45. The minimum Gasteiger partial charge on any atom is -0.450 e. The van der Waals surface area contributed by atoms with E-state index in [1.165, 1.54) is 0 Å². The third-order valence-corrected chi connectivity index (χ3v) is 3.75. The highest BCUT2D eigenvalue weighted by atomic mass is 16.6. The smallest absolute Gasteiger partial charge is 0.409 e. The van der Waals surface area contributed by atoms with Gasteiger partial charge in [0.25, 0.3) is 0 Å². The zero-order valence-corrected chi connectivity index (χ0v) is 14.2. The van der Waals surface area contributed by atoms with E-state index < -0.39 is 0 Å². The second kappa shape index (κ2) is 8.40. The Morgan fingerprint density at radius 3 is 2.57 bits per heavy atom. The molecule has 1 amide bonds. The summed E-state index contributed by atoms with van der Waals surface area (Å²) in [4.78, 5) is 20.3. The quantitative estimate of drug-likeness (QED) is 0.651. The summed E-state index contributed by atoms with van der Waals surface area (Å²) in [6.07, 6.45) is 1.54. The maximum absolute atomic E-state index is 11.7. The summed E-state index contributed by atoms with van der Waals surface area (Å²) >= 11 is 0. The number of hydrogen-bond acceptors (Lipinski definition) is 4. The van der Waals surface area contributed by atoms with Crippen molar-refractivity contribution in [3.05, 3.63) is 18.0 Å². The van der Waals surface area contributed by atoms with E-state index in [-0.39, 0.29) is 6.09 Å². The molecule has 8 heteroatoms. The van der Waals surface area contributed by atoms with Crippen LogP contribution >= 0.6 is 0 Å². The van der Waals surface area contributed by atoms with Gasteiger partial charge < -0.3 is 19.9 Å². The first kappa shape index (κ1) is 17.1. The van der Waals surface area contributed by atoms with E-state index in [9.17, 15) is 4.79 Å². The Hall–Kier alpha value is -2.25. The van der Waals surface area contributed by atoms with Crippen LogP contribution in [-0.2, 0) is 18.3 Å². The molecule has 1 aromatic heterocycles. The molecule has 8 nitrogen and oxygen atoms in total. The Kier molecular flexibility index (Phi) is 6.25. The minimum absolute atomic E-state index is 0.232. The SMILES string of the molecule is CCNC(=NCc1ccnn1C)N1CCN(C(=O)OCC)CC1. The van der Waals surface area contributed by atoms with Gasteiger partial charge in [0.1, 0.15) is 0 Å². The highest BCUT2D eigenvalue weighted by Gasteiger charge is 2.23. The van der Waals surface area contributed by atoms with Gasteiger partial charge in [-0.1, -0.05) is 0 Å². The van der Waals surface area contributed by atoms with Crippen molar-refractivity contribution in [2.24, 2.45) is 12.0 Å². The van der Waals surface area contributed by atoms with Crippen molar-refractivity contribution in [3.63, 3.8) is 0 Å². The van der Waals surface area contributed by atoms with E-state index in [0.717, 1.165) is 31.3 Å². The second-order valence-electron chi connectivity index (χ2n) is 5.29. The van der Waals surface area contributed by atoms with Crippen LogP contribution in [0.1, 0.15) is 19.5 Å². The van der Waals surface area contributed by atoms with Gasteiger partial charge in [-0.2, -0.15) is 5.10 Å². The molecule has 0 atom stereocenters. The summed E-state index contributed by atoms with van der Waals surface area (Å²) in [5.41, 5.74) is 1.06. The topological polar surface area (TPSA) is 75.0 Å². The molecule has 1 aromatic rings. The van der Waals surface area contributed by atoms with Crippen LogP contribution in [0.15, 0.2) is 17.3 Å². The van der Waals surface area contributed by atoms with Crippen LogP contribution in [-0.4, -0.2) is 71.0 Å². The maximum atomic E-state index is 11.7. The monoisotopic (exact) mass is 322 g/mol. The molecule has 23 heavy (non-hydrogen) atoms. The molecule has 1 aliphatic rings. The average molecular weight is 322 g/mol. The van der Waals surface area contributed by atoms with E-state index >= 15 is 0 Å². The number of nitrogens with one attached hydrogen (secondary N) is 1. The first-order valence-electron chi connectivity index (χ1n) is 8.07. The molecule has 2 heterocycles. The van der Waals surface area contributed by atoms with Gasteiger partial charge in [0.05, 0.1) is 18.8 Å². The third-order valence-electron chi connectivity index (χ3n) is 3.75. The Bertz CT molecular complexity index is 534. The van der Waals surface area contributed by atoms with Gasteiger partial charge in [0.15, 0.2) is 5.96 Å². The number of carbonyl (C=O) groups excluding carboxylic acids is 1. The van der Waals surface area contributed by atoms with Crippen molar-refractivity contribution >= 4 is 12.1 Å². The normalized spacial score (nSPS) is 15.7. The number of aliphatic imine (C=N–C) groups is 1. The number of hydrogen-bond donors (Lipinski definition) is 1. The molecule has 0 saturated carbocycles. The fourth-order valence-corrected chi connectivity index (χ4v) is 2.45. The Balaban J connectivity index is 1.94. The first-order chi connectivity index (χ1) is 11.2. The Morgan fingerprint density at radius 1 is 1.30 bits per heavy atom. The zero-order valence-electron chi connectivity index (χ0n) is 14.2. The molecular weight excluding hydrogens is 296 g/mol. The standard InChI is InChI=1S/C15H26N6O2/c1-4-16-14(17-12-13-6-7-18-19(13)3)20-8-10-21(11-9-20)15(22)23-5-2/h6-7H,4-5,8-12H2,1-3H3,(H,16,17). The molecule has 1 N–H and O–H groups in total. The van der Waals surface area contributed by atoms with Gasteiger partial charge in [-0.05, 0) is 19.9 Å². The van der Waals surface area contributed by atoms with Crippen LogP contribution in [0.5, 0.6) is 0 Å². The van der Waals surface area contributed by atoms with Crippen LogP contribution < -0.4 is 5.32 Å². The number of rotatable bonds is 4. The fraction of sp³-hybridized carbons (Fsp3) is 0.667. The molecular formula is C15H26N6O2. The van der Waals surface area contributed by atoms with Crippen LogP contribution in [0.4, 0.5) is 4.79 Å². The number of amides is 1. The first-order valence-corrected chi connectivity index (χ1v) is 8.07. The van der Waals surface area contributed by atoms with Crippen molar-refractivity contribution in [2.45, 2.75) is 20.4 Å². The number of aryl methyl sites for hydroxylation is 1. The van der Waals surface area contributed by atoms with Crippen molar-refractivity contribution in [1.82, 2.24) is 24.9 Å². The van der Waals surface area contributed by atoms with Crippen molar-refractivity contribution < 1.29 is 9.53 Å². The number of aromatic nitrogens is 2. The largest absolute Gasteiger partial charge is 0.450 e. The highest BCUT2D eigenvalue weighted by molar-refractivity contribution is 5.80. The maximum Gasteiger partial charge on any atom is 0.409 e. The second-order valence-corrected chi connectivity index (χ2v) is 5.29. The van der Waals surface area contributed by atoms with Crippen molar-refractivity contribution in [1.29, 1.82) is 0 Å². The van der Waals surface area contributed by atoms with Gasteiger partial charge in [-0.3, -0.25) is 4.68 Å². The number of nitrogens with zero attached hydrogens (tertiary/aromatic N) is 5. The molecule has 128 valence electrons. The highest BCUT2D eigenvalue weighted by Crippen LogP contribution is 2.06. The van der Waals surface area contributed by atoms with E-state index in [2.05, 4.69) is 27.2 Å². The van der Waals surface area contributed by atoms with Crippen LogP contribution in [0, 0.1) is 0 Å². The van der Waals surface area contributed by atoms with Crippen LogP contribution in [0.25, 0.3) is 0 Å². The molecule has 1 aliphatic heterocycles. The van der Waals surface area contributed by atoms with E-state index in [1.54, 1.807) is 11.1 Å². The summed E-state index contributed by atoms with van der Waals surface area (Å²) in [7, 11) is 1.91. The number of ether oxygens (including phenoxy) is 1. The number of piperazine rings is 1. The molecule has 0 radical (unpaired) electrons. The summed E-state index contributed by atoms with van der Waals surface area (Å²) < 4.78 is 6.87. The van der Waals surface area contributed by atoms with E-state index in [1.807, 2.05) is 24.7 Å². The number of guanidine groups is 1. The lowest BCUT2D eigenvalue weighted by molar-refractivity contribution is 0.0914. The third kappa shape index (κ3) is 4.61. The van der Waals surface area contributed by atoms with E-state index in [4.69, 9.17) is 4.74 Å². The lowest BCUT2D eigenvalue weighted by Crippen LogP contribution is -2.53. The average Bonchev–Trinajstić information content (AvgIpc) is 2.97. The molecule has 1 fully saturated rings. The van der Waals surface area contributed by atoms with Gasteiger partial charge in [-0.25, -0.2) is 9.79 Å².